The summed E-state index contributed by atoms with van der Waals surface area (Å²) in [6.45, 7) is 1.17. The number of Topliss-reactive ketones (excluding diaryl/α,β-unsaturated/α-hetero) is 1. The summed E-state index contributed by atoms with van der Waals surface area (Å²) >= 11 is 0. The van der Waals surface area contributed by atoms with Crippen LogP contribution in [0, 0.1) is 5.82 Å². The molecule has 1 aromatic rings. The molecule has 0 radical (unpaired) electrons. The summed E-state index contributed by atoms with van der Waals surface area (Å²) in [5.41, 5.74) is -0.173. The van der Waals surface area contributed by atoms with Crippen LogP contribution < -0.4 is 9.46 Å². The molecule has 0 aliphatic rings. The first-order valence-electron chi connectivity index (χ1n) is 4.44. The number of hydrogen-bond acceptors (Lipinski definition) is 5. The highest BCUT2D eigenvalue weighted by molar-refractivity contribution is 8.12. The number of ether oxygens (including phenoxy) is 1. The van der Waals surface area contributed by atoms with Gasteiger partial charge < -0.3 is 4.74 Å². The van der Waals surface area contributed by atoms with Crippen LogP contribution in [-0.4, -0.2) is 20.3 Å². The van der Waals surface area contributed by atoms with Crippen LogP contribution in [0.25, 0.3) is 0 Å². The van der Waals surface area contributed by atoms with E-state index in [1.54, 1.807) is 0 Å². The minimum atomic E-state index is -4.28. The Kier molecular flexibility index (Phi) is 4.25. The van der Waals surface area contributed by atoms with Crippen molar-refractivity contribution in [2.45, 2.75) is 6.92 Å². The monoisotopic (exact) mass is 295 g/mol. The Morgan fingerprint density at radius 2 is 2.00 bits per heavy atom. The van der Waals surface area contributed by atoms with E-state index < -0.39 is 26.9 Å². The lowest BCUT2D eigenvalue weighted by Gasteiger charge is -2.05. The summed E-state index contributed by atoms with van der Waals surface area (Å²) in [4.78, 5) is 21.9. The second kappa shape index (κ2) is 5.32. The van der Waals surface area contributed by atoms with Crippen molar-refractivity contribution < 1.29 is 27.1 Å². The van der Waals surface area contributed by atoms with E-state index in [2.05, 4.69) is 4.74 Å². The van der Waals surface area contributed by atoms with E-state index in [-0.39, 0.29) is 11.3 Å². The van der Waals surface area contributed by atoms with Crippen LogP contribution in [-0.2, 0) is 9.24 Å². The molecule has 0 heterocycles. The second-order valence-electron chi connectivity index (χ2n) is 3.13. The average Bonchev–Trinajstić information content (AvgIpc) is 2.13. The lowest BCUT2D eigenvalue weighted by Crippen LogP contribution is -2.29. The van der Waals surface area contributed by atoms with Crippen molar-refractivity contribution in [1.29, 1.82) is 0 Å². The molecule has 0 spiro atoms. The molecule has 1 N–H and O–H groups in total. The van der Waals surface area contributed by atoms with Gasteiger partial charge in [-0.1, -0.05) is 0 Å². The minimum absolute atomic E-state index is 0.173. The number of halogens is 2. The van der Waals surface area contributed by atoms with Crippen LogP contribution in [0.2, 0.25) is 0 Å². The molecule has 0 fully saturated rings. The Morgan fingerprint density at radius 1 is 1.39 bits per heavy atom. The van der Waals surface area contributed by atoms with Crippen molar-refractivity contribution in [3.63, 3.8) is 0 Å². The molecule has 0 unspecified atom stereocenters. The molecule has 18 heavy (non-hydrogen) atoms. The predicted octanol–water partition coefficient (Wildman–Crippen LogP) is 1.60. The zero-order valence-electron chi connectivity index (χ0n) is 8.94. The summed E-state index contributed by atoms with van der Waals surface area (Å²) in [7, 11) is 0.458. The SMILES string of the molecule is CC(=O)c1ccc(OC(=O)NS(=O)(=O)Cl)cc1F. The van der Waals surface area contributed by atoms with E-state index in [1.807, 2.05) is 0 Å². The van der Waals surface area contributed by atoms with Crippen LogP contribution in [0.15, 0.2) is 18.2 Å². The van der Waals surface area contributed by atoms with E-state index in [1.165, 1.54) is 11.6 Å². The maximum Gasteiger partial charge on any atom is 0.427 e. The smallest absolute Gasteiger partial charge is 0.410 e. The number of carbonyl (C=O) groups is 2. The maximum absolute atomic E-state index is 13.3. The van der Waals surface area contributed by atoms with Gasteiger partial charge in [0.05, 0.1) is 5.56 Å². The highest BCUT2D eigenvalue weighted by Crippen LogP contribution is 2.17. The molecule has 0 aliphatic carbocycles. The van der Waals surface area contributed by atoms with E-state index >= 15 is 0 Å². The molecule has 0 bridgehead atoms. The van der Waals surface area contributed by atoms with Crippen LogP contribution in [0.5, 0.6) is 5.75 Å². The van der Waals surface area contributed by atoms with Gasteiger partial charge in [0, 0.05) is 16.7 Å². The molecular weight excluding hydrogens is 289 g/mol. The Labute approximate surface area is 106 Å². The fourth-order valence-electron chi connectivity index (χ4n) is 1.07. The molecule has 6 nitrogen and oxygen atoms in total. The Balaban J connectivity index is 2.84. The van der Waals surface area contributed by atoms with Crippen LogP contribution >= 0.6 is 10.7 Å². The fourth-order valence-corrected chi connectivity index (χ4v) is 1.50. The van der Waals surface area contributed by atoms with Gasteiger partial charge in [-0.15, -0.1) is 0 Å². The van der Waals surface area contributed by atoms with Gasteiger partial charge in [-0.3, -0.25) is 4.79 Å². The number of carbonyl (C=O) groups excluding carboxylic acids is 2. The van der Waals surface area contributed by atoms with E-state index in [9.17, 15) is 22.4 Å². The first-order chi connectivity index (χ1) is 8.19. The minimum Gasteiger partial charge on any atom is -0.410 e. The molecule has 0 saturated carbocycles. The highest BCUT2D eigenvalue weighted by atomic mass is 35.7. The zero-order valence-corrected chi connectivity index (χ0v) is 10.5. The van der Waals surface area contributed by atoms with E-state index in [4.69, 9.17) is 10.7 Å². The standard InChI is InChI=1S/C9H7ClFNO5S/c1-5(13)7-3-2-6(4-8(7)11)17-9(14)12-18(10,15)16/h2-4H,1H3,(H,12,14). The van der Waals surface area contributed by atoms with Crippen LogP contribution in [0.4, 0.5) is 9.18 Å². The van der Waals surface area contributed by atoms with Crippen molar-refractivity contribution in [3.8, 4) is 5.75 Å². The normalized spacial score (nSPS) is 10.8. The van der Waals surface area contributed by atoms with Crippen LogP contribution in [0.1, 0.15) is 17.3 Å². The first-order valence-corrected chi connectivity index (χ1v) is 6.74. The summed E-state index contributed by atoms with van der Waals surface area (Å²) in [6, 6.07) is 3.02. The fraction of sp³-hybridized carbons (Fsp3) is 0.111. The number of hydrogen-bond donors (Lipinski definition) is 1. The third kappa shape index (κ3) is 4.30. The number of rotatable bonds is 3. The molecule has 98 valence electrons. The van der Waals surface area contributed by atoms with E-state index in [0.717, 1.165) is 18.2 Å². The summed E-state index contributed by atoms with van der Waals surface area (Å²) in [6.07, 6.45) is -1.39. The molecule has 9 heteroatoms. The molecule has 0 saturated heterocycles. The third-order valence-corrected chi connectivity index (χ3v) is 2.38. The van der Waals surface area contributed by atoms with Gasteiger partial charge in [0.15, 0.2) is 5.78 Å². The Morgan fingerprint density at radius 3 is 2.44 bits per heavy atom. The summed E-state index contributed by atoms with van der Waals surface area (Å²) in [5.74, 6) is -1.65. The van der Waals surface area contributed by atoms with Gasteiger partial charge in [-0.2, -0.15) is 8.42 Å². The van der Waals surface area contributed by atoms with Crippen LogP contribution in [0.3, 0.4) is 0 Å². The topological polar surface area (TPSA) is 89.5 Å². The second-order valence-corrected chi connectivity index (χ2v) is 5.43. The third-order valence-electron chi connectivity index (χ3n) is 1.74. The van der Waals surface area contributed by atoms with E-state index in [0.29, 0.717) is 0 Å². The maximum atomic E-state index is 13.3. The molecule has 0 aromatic heterocycles. The number of nitrogens with one attached hydrogen (secondary N) is 1. The van der Waals surface area contributed by atoms with Crippen molar-refractivity contribution in [1.82, 2.24) is 4.72 Å². The molecule has 1 aromatic carbocycles. The van der Waals surface area contributed by atoms with Crippen molar-refractivity contribution in [2.24, 2.45) is 0 Å². The molecule has 1 rings (SSSR count). The Bertz CT molecular complexity index is 601. The Hall–Kier alpha value is -1.67. The van der Waals surface area contributed by atoms with Crippen molar-refractivity contribution in [3.05, 3.63) is 29.6 Å². The average molecular weight is 296 g/mol. The van der Waals surface area contributed by atoms with Gasteiger partial charge in [-0.25, -0.2) is 13.9 Å². The van der Waals surface area contributed by atoms with Gasteiger partial charge in [-0.05, 0) is 19.1 Å². The summed E-state index contributed by atoms with van der Waals surface area (Å²) < 4.78 is 40.0. The van der Waals surface area contributed by atoms with Crippen molar-refractivity contribution in [2.75, 3.05) is 0 Å². The molecule has 0 aliphatic heterocycles. The predicted molar refractivity (Wildman–Crippen MR) is 60.3 cm³/mol. The lowest BCUT2D eigenvalue weighted by atomic mass is 10.1. The number of amides is 1. The van der Waals surface area contributed by atoms with Crippen molar-refractivity contribution >= 4 is 31.8 Å². The number of benzene rings is 1. The largest absolute Gasteiger partial charge is 0.427 e. The molecule has 0 atom stereocenters. The quantitative estimate of drug-likeness (QED) is 0.676. The van der Waals surface area contributed by atoms with Gasteiger partial charge in [0.1, 0.15) is 11.6 Å². The summed E-state index contributed by atoms with van der Waals surface area (Å²) in [5, 5.41) is 0. The number of ketones is 1. The zero-order chi connectivity index (χ0) is 13.9. The first kappa shape index (κ1) is 14.4. The highest BCUT2D eigenvalue weighted by Gasteiger charge is 2.14. The van der Waals surface area contributed by atoms with Gasteiger partial charge in [0.2, 0.25) is 0 Å². The lowest BCUT2D eigenvalue weighted by molar-refractivity contribution is 0.101. The van der Waals surface area contributed by atoms with Gasteiger partial charge in [0.25, 0.3) is 0 Å². The molecular formula is C9H7ClFNO5S. The van der Waals surface area contributed by atoms with Gasteiger partial charge >= 0.3 is 15.3 Å². The molecule has 1 amide bonds.